The first-order valence-corrected chi connectivity index (χ1v) is 5.07. The maximum Gasteiger partial charge on any atom is 0.108 e. The van der Waals surface area contributed by atoms with Crippen LogP contribution in [0.2, 0.25) is 0 Å². The zero-order chi connectivity index (χ0) is 11.8. The van der Waals surface area contributed by atoms with Crippen LogP contribution in [0, 0.1) is 23.7 Å². The monoisotopic (exact) mass is 213 g/mol. The van der Waals surface area contributed by atoms with Gasteiger partial charge in [-0.1, -0.05) is 24.0 Å². The molecule has 0 fully saturated rings. The lowest BCUT2D eigenvalue weighted by Crippen LogP contribution is -2.04. The van der Waals surface area contributed by atoms with Crippen molar-refractivity contribution in [2.75, 3.05) is 13.7 Å². The Labute approximate surface area is 96.8 Å². The zero-order valence-corrected chi connectivity index (χ0v) is 9.58. The molecule has 0 aliphatic heterocycles. The van der Waals surface area contributed by atoms with Crippen molar-refractivity contribution in [3.8, 4) is 23.7 Å². The van der Waals surface area contributed by atoms with Crippen LogP contribution < -0.4 is 5.73 Å². The van der Waals surface area contributed by atoms with E-state index in [4.69, 9.17) is 10.5 Å². The minimum Gasteiger partial charge on any atom is -0.372 e. The summed E-state index contributed by atoms with van der Waals surface area (Å²) in [7, 11) is 1.61. The zero-order valence-electron chi connectivity index (χ0n) is 9.58. The number of hydrogen-bond donors (Lipinski definition) is 1. The van der Waals surface area contributed by atoms with Crippen molar-refractivity contribution in [3.63, 3.8) is 0 Å². The van der Waals surface area contributed by atoms with E-state index in [2.05, 4.69) is 23.7 Å². The Balaban J connectivity index is 2.66. The lowest BCUT2D eigenvalue weighted by Gasteiger charge is -2.03. The van der Waals surface area contributed by atoms with Gasteiger partial charge in [-0.2, -0.15) is 0 Å². The van der Waals surface area contributed by atoms with Gasteiger partial charge in [-0.15, -0.1) is 0 Å². The van der Waals surface area contributed by atoms with Crippen molar-refractivity contribution in [2.45, 2.75) is 13.0 Å². The molecule has 2 heteroatoms. The molecule has 0 aliphatic carbocycles. The normalized spacial score (nSPS) is 10.7. The van der Waals surface area contributed by atoms with Crippen molar-refractivity contribution in [3.05, 3.63) is 35.4 Å². The second kappa shape index (κ2) is 6.69. The molecule has 0 bridgehead atoms. The first kappa shape index (κ1) is 12.3. The van der Waals surface area contributed by atoms with Crippen LogP contribution >= 0.6 is 0 Å². The molecule has 0 saturated carbocycles. The summed E-state index contributed by atoms with van der Waals surface area (Å²) in [5, 5.41) is 0. The van der Waals surface area contributed by atoms with Gasteiger partial charge in [0.25, 0.3) is 0 Å². The summed E-state index contributed by atoms with van der Waals surface area (Å²) >= 11 is 0. The molecular weight excluding hydrogens is 198 g/mol. The van der Waals surface area contributed by atoms with E-state index < -0.39 is 0 Å². The summed E-state index contributed by atoms with van der Waals surface area (Å²) in [6.45, 7) is 2.37. The first-order chi connectivity index (χ1) is 7.74. The van der Waals surface area contributed by atoms with Crippen LogP contribution in [0.25, 0.3) is 0 Å². The molecule has 1 aromatic rings. The second-order valence-corrected chi connectivity index (χ2v) is 3.40. The molecule has 0 aliphatic rings. The highest BCUT2D eigenvalue weighted by Gasteiger charge is 1.96. The van der Waals surface area contributed by atoms with Gasteiger partial charge in [0.2, 0.25) is 0 Å². The van der Waals surface area contributed by atoms with Crippen molar-refractivity contribution in [1.29, 1.82) is 0 Å². The van der Waals surface area contributed by atoms with Gasteiger partial charge >= 0.3 is 0 Å². The van der Waals surface area contributed by atoms with Crippen LogP contribution in [0.4, 0.5) is 0 Å². The number of hydrogen-bond acceptors (Lipinski definition) is 2. The summed E-state index contributed by atoms with van der Waals surface area (Å²) in [5.74, 6) is 11.2. The van der Waals surface area contributed by atoms with Gasteiger partial charge in [0.15, 0.2) is 0 Å². The van der Waals surface area contributed by atoms with E-state index in [9.17, 15) is 0 Å². The van der Waals surface area contributed by atoms with Crippen LogP contribution in [0.15, 0.2) is 24.3 Å². The highest BCUT2D eigenvalue weighted by molar-refractivity contribution is 5.41. The lowest BCUT2D eigenvalue weighted by molar-refractivity contribution is 0.240. The van der Waals surface area contributed by atoms with Crippen molar-refractivity contribution in [2.24, 2.45) is 5.73 Å². The molecule has 0 amide bonds. The maximum atomic E-state index is 5.75. The van der Waals surface area contributed by atoms with E-state index in [-0.39, 0.29) is 6.04 Å². The number of ether oxygens (including phenoxy) is 1. The summed E-state index contributed by atoms with van der Waals surface area (Å²) in [6.07, 6.45) is 0. The van der Waals surface area contributed by atoms with Crippen LogP contribution in [-0.2, 0) is 4.74 Å². The highest BCUT2D eigenvalue weighted by Crippen LogP contribution is 2.09. The predicted molar refractivity (Wildman–Crippen MR) is 65.6 cm³/mol. The maximum absolute atomic E-state index is 5.75. The van der Waals surface area contributed by atoms with Crippen molar-refractivity contribution < 1.29 is 4.74 Å². The Morgan fingerprint density at radius 2 is 1.94 bits per heavy atom. The van der Waals surface area contributed by atoms with Crippen LogP contribution in [-0.4, -0.2) is 13.7 Å². The number of nitrogens with two attached hydrogens (primary N) is 1. The van der Waals surface area contributed by atoms with Gasteiger partial charge in [-0.3, -0.25) is 0 Å². The molecule has 1 atom stereocenters. The predicted octanol–water partition coefficient (Wildman–Crippen LogP) is 1.71. The quantitative estimate of drug-likeness (QED) is 0.759. The number of benzene rings is 1. The number of methoxy groups -OCH3 is 1. The van der Waals surface area contributed by atoms with Gasteiger partial charge in [-0.05, 0) is 36.5 Å². The summed E-state index contributed by atoms with van der Waals surface area (Å²) in [6, 6.07) is 7.92. The average Bonchev–Trinajstić information content (AvgIpc) is 2.29. The Hall–Kier alpha value is -1.74. The highest BCUT2D eigenvalue weighted by atomic mass is 16.5. The molecule has 1 aromatic carbocycles. The third-order valence-corrected chi connectivity index (χ3v) is 2.01. The molecule has 16 heavy (non-hydrogen) atoms. The molecule has 0 spiro atoms. The van der Waals surface area contributed by atoms with E-state index in [0.717, 1.165) is 11.1 Å². The molecule has 2 nitrogen and oxygen atoms in total. The topological polar surface area (TPSA) is 35.2 Å². The van der Waals surface area contributed by atoms with Crippen LogP contribution in [0.5, 0.6) is 0 Å². The average molecular weight is 213 g/mol. The van der Waals surface area contributed by atoms with Gasteiger partial charge in [0.1, 0.15) is 6.61 Å². The van der Waals surface area contributed by atoms with E-state index in [1.54, 1.807) is 7.11 Å². The van der Waals surface area contributed by atoms with E-state index >= 15 is 0 Å². The fraction of sp³-hybridized carbons (Fsp3) is 0.286. The molecule has 0 aromatic heterocycles. The molecule has 82 valence electrons. The molecular formula is C14H15NO. The van der Waals surface area contributed by atoms with Gasteiger partial charge in [-0.25, -0.2) is 0 Å². The molecule has 0 saturated heterocycles. The fourth-order valence-corrected chi connectivity index (χ4v) is 1.13. The standard InChI is InChI=1S/C14H15NO/c1-12(15)14-9-7-13(8-10-14)6-4-3-5-11-16-2/h7-10,12H,11,15H2,1-2H3. The van der Waals surface area contributed by atoms with Crippen LogP contribution in [0.1, 0.15) is 24.1 Å². The summed E-state index contributed by atoms with van der Waals surface area (Å²) in [5.41, 5.74) is 7.79. The van der Waals surface area contributed by atoms with Gasteiger partial charge in [0.05, 0.1) is 0 Å². The molecule has 0 radical (unpaired) electrons. The van der Waals surface area contributed by atoms with E-state index in [1.165, 1.54) is 0 Å². The SMILES string of the molecule is COCC#CC#Cc1ccc(C(C)N)cc1. The van der Waals surface area contributed by atoms with E-state index in [1.807, 2.05) is 31.2 Å². The Bertz CT molecular complexity index is 438. The van der Waals surface area contributed by atoms with E-state index in [0.29, 0.717) is 6.61 Å². The Morgan fingerprint density at radius 1 is 1.25 bits per heavy atom. The third kappa shape index (κ3) is 4.19. The summed E-state index contributed by atoms with van der Waals surface area (Å²) < 4.78 is 4.78. The number of rotatable bonds is 2. The largest absolute Gasteiger partial charge is 0.372 e. The second-order valence-electron chi connectivity index (χ2n) is 3.40. The molecule has 1 unspecified atom stereocenters. The summed E-state index contributed by atoms with van der Waals surface area (Å²) in [4.78, 5) is 0. The minimum atomic E-state index is 0.0588. The van der Waals surface area contributed by atoms with Gasteiger partial charge < -0.3 is 10.5 Å². The first-order valence-electron chi connectivity index (χ1n) is 5.07. The molecule has 2 N–H and O–H groups in total. The van der Waals surface area contributed by atoms with Gasteiger partial charge in [0, 0.05) is 18.7 Å². The van der Waals surface area contributed by atoms with Crippen molar-refractivity contribution in [1.82, 2.24) is 0 Å². The smallest absolute Gasteiger partial charge is 0.108 e. The minimum absolute atomic E-state index is 0.0588. The third-order valence-electron chi connectivity index (χ3n) is 2.01. The molecule has 0 heterocycles. The Morgan fingerprint density at radius 3 is 2.50 bits per heavy atom. The fourth-order valence-electron chi connectivity index (χ4n) is 1.13. The molecule has 1 rings (SSSR count). The van der Waals surface area contributed by atoms with Crippen LogP contribution in [0.3, 0.4) is 0 Å². The van der Waals surface area contributed by atoms with Crippen molar-refractivity contribution >= 4 is 0 Å². The lowest BCUT2D eigenvalue weighted by atomic mass is 10.1. The Kier molecular flexibility index (Phi) is 5.16.